The number of hydrogen-bond acceptors (Lipinski definition) is 5. The molecule has 1 aliphatic heterocycles. The first-order valence-corrected chi connectivity index (χ1v) is 5.60. The van der Waals surface area contributed by atoms with Gasteiger partial charge in [0.25, 0.3) is 0 Å². The van der Waals surface area contributed by atoms with E-state index >= 15 is 0 Å². The number of nitrogens with zero attached hydrogens (tertiary/aromatic N) is 1. The van der Waals surface area contributed by atoms with Gasteiger partial charge in [-0.15, -0.1) is 0 Å². The van der Waals surface area contributed by atoms with Gasteiger partial charge in [-0.25, -0.2) is 0 Å². The van der Waals surface area contributed by atoms with Crippen molar-refractivity contribution in [1.82, 2.24) is 4.90 Å². The molecule has 6 heteroatoms. The number of rotatable bonds is 8. The quantitative estimate of drug-likeness (QED) is 0.330. The van der Waals surface area contributed by atoms with Gasteiger partial charge in [0.05, 0.1) is 26.4 Å². The Bertz CT molecular complexity index is 292. The minimum atomic E-state index is -0.210. The third-order valence-electron chi connectivity index (χ3n) is 2.49. The highest BCUT2D eigenvalue weighted by atomic mass is 16.5. The lowest BCUT2D eigenvalue weighted by Crippen LogP contribution is -2.33. The van der Waals surface area contributed by atoms with Crippen LogP contribution in [-0.4, -0.2) is 56.0 Å². The molecule has 0 aromatic heterocycles. The van der Waals surface area contributed by atoms with Gasteiger partial charge in [0, 0.05) is 12.3 Å². The van der Waals surface area contributed by atoms with Crippen LogP contribution in [0.3, 0.4) is 0 Å². The predicted octanol–water partition coefficient (Wildman–Crippen LogP) is -0.386. The van der Waals surface area contributed by atoms with Gasteiger partial charge >= 0.3 is 0 Å². The van der Waals surface area contributed by atoms with Gasteiger partial charge in [-0.05, 0) is 0 Å². The third-order valence-corrected chi connectivity index (χ3v) is 2.49. The van der Waals surface area contributed by atoms with Crippen LogP contribution in [-0.2, 0) is 23.9 Å². The molecule has 0 saturated carbocycles. The lowest BCUT2D eigenvalue weighted by Gasteiger charge is -2.14. The molecule has 0 N–H and O–H groups in total. The maximum absolute atomic E-state index is 11.5. The minimum absolute atomic E-state index is 0.0595. The van der Waals surface area contributed by atoms with Crippen molar-refractivity contribution >= 4 is 18.1 Å². The van der Waals surface area contributed by atoms with Gasteiger partial charge in [-0.1, -0.05) is 6.92 Å². The van der Waals surface area contributed by atoms with E-state index < -0.39 is 0 Å². The number of hydrogen-bond donors (Lipinski definition) is 0. The first-order chi connectivity index (χ1) is 8.16. The number of aldehydes is 1. The minimum Gasteiger partial charge on any atom is -0.377 e. The van der Waals surface area contributed by atoms with Crippen molar-refractivity contribution in [2.45, 2.75) is 13.3 Å². The smallest absolute Gasteiger partial charge is 0.232 e. The van der Waals surface area contributed by atoms with Gasteiger partial charge in [0.2, 0.25) is 11.8 Å². The summed E-state index contributed by atoms with van der Waals surface area (Å²) in [5.74, 6) is -0.475. The normalized spacial score (nSPS) is 20.1. The summed E-state index contributed by atoms with van der Waals surface area (Å²) in [4.78, 5) is 34.0. The summed E-state index contributed by atoms with van der Waals surface area (Å²) in [5.41, 5.74) is 0. The van der Waals surface area contributed by atoms with E-state index in [0.29, 0.717) is 32.5 Å². The molecule has 6 nitrogen and oxygen atoms in total. The Kier molecular flexibility index (Phi) is 5.79. The molecule has 96 valence electrons. The molecule has 0 aromatic carbocycles. The van der Waals surface area contributed by atoms with Gasteiger partial charge in [0.1, 0.15) is 12.9 Å². The van der Waals surface area contributed by atoms with Crippen LogP contribution in [0.2, 0.25) is 0 Å². The van der Waals surface area contributed by atoms with E-state index in [1.54, 1.807) is 6.92 Å². The zero-order valence-corrected chi connectivity index (χ0v) is 9.89. The number of carbonyl (C=O) groups is 3. The SMILES string of the molecule is CC1CC(=O)N(CCOCCOCC=O)C1=O. The second kappa shape index (κ2) is 7.13. The van der Waals surface area contributed by atoms with Crippen LogP contribution in [0.4, 0.5) is 0 Å². The van der Waals surface area contributed by atoms with Crippen molar-refractivity contribution in [3.05, 3.63) is 0 Å². The molecular weight excluding hydrogens is 226 g/mol. The van der Waals surface area contributed by atoms with Gasteiger partial charge in [-0.3, -0.25) is 14.5 Å². The second-order valence-electron chi connectivity index (χ2n) is 3.84. The molecule has 0 radical (unpaired) electrons. The predicted molar refractivity (Wildman–Crippen MR) is 58.2 cm³/mol. The Balaban J connectivity index is 2.08. The molecule has 0 aliphatic carbocycles. The zero-order chi connectivity index (χ0) is 12.7. The summed E-state index contributed by atoms with van der Waals surface area (Å²) in [6, 6.07) is 0. The van der Waals surface area contributed by atoms with Crippen LogP contribution >= 0.6 is 0 Å². The van der Waals surface area contributed by atoms with E-state index in [2.05, 4.69) is 0 Å². The molecule has 0 bridgehead atoms. The number of amides is 2. The third kappa shape index (κ3) is 4.24. The molecule has 1 rings (SSSR count). The summed E-state index contributed by atoms with van der Waals surface area (Å²) < 4.78 is 10.1. The van der Waals surface area contributed by atoms with Crippen LogP contribution in [0.15, 0.2) is 0 Å². The molecule has 17 heavy (non-hydrogen) atoms. The van der Waals surface area contributed by atoms with Crippen molar-refractivity contribution in [2.75, 3.05) is 33.0 Å². The first-order valence-electron chi connectivity index (χ1n) is 5.60. The number of imide groups is 1. The van der Waals surface area contributed by atoms with Crippen molar-refractivity contribution in [2.24, 2.45) is 5.92 Å². The summed E-state index contributed by atoms with van der Waals surface area (Å²) in [7, 11) is 0. The van der Waals surface area contributed by atoms with Gasteiger partial charge < -0.3 is 14.3 Å². The summed E-state index contributed by atoms with van der Waals surface area (Å²) in [6.07, 6.45) is 0.963. The van der Waals surface area contributed by atoms with E-state index in [1.807, 2.05) is 0 Å². The molecule has 1 unspecified atom stereocenters. The van der Waals surface area contributed by atoms with Crippen LogP contribution in [0.25, 0.3) is 0 Å². The molecule has 2 amide bonds. The zero-order valence-electron chi connectivity index (χ0n) is 9.89. The van der Waals surface area contributed by atoms with Gasteiger partial charge in [-0.2, -0.15) is 0 Å². The molecule has 0 spiro atoms. The van der Waals surface area contributed by atoms with E-state index in [1.165, 1.54) is 4.90 Å². The standard InChI is InChI=1S/C11H17NO5/c1-9-8-10(14)12(11(9)15)2-4-16-6-7-17-5-3-13/h3,9H,2,4-8H2,1H3. The van der Waals surface area contributed by atoms with E-state index in [4.69, 9.17) is 9.47 Å². The van der Waals surface area contributed by atoms with Crippen LogP contribution in [0.1, 0.15) is 13.3 Å². The van der Waals surface area contributed by atoms with Gasteiger partial charge in [0.15, 0.2) is 0 Å². The fourth-order valence-corrected chi connectivity index (χ4v) is 1.59. The Morgan fingerprint density at radius 3 is 2.59 bits per heavy atom. The van der Waals surface area contributed by atoms with E-state index in [0.717, 1.165) is 0 Å². The lowest BCUT2D eigenvalue weighted by molar-refractivity contribution is -0.140. The number of likely N-dealkylation sites (tertiary alicyclic amines) is 1. The average molecular weight is 243 g/mol. The van der Waals surface area contributed by atoms with E-state index in [-0.39, 0.29) is 30.9 Å². The summed E-state index contributed by atoms with van der Waals surface area (Å²) >= 11 is 0. The van der Waals surface area contributed by atoms with Crippen LogP contribution < -0.4 is 0 Å². The molecule has 1 atom stereocenters. The molecule has 1 aliphatic rings. The lowest BCUT2D eigenvalue weighted by atomic mass is 10.1. The Morgan fingerprint density at radius 2 is 2.00 bits per heavy atom. The van der Waals surface area contributed by atoms with Crippen LogP contribution in [0.5, 0.6) is 0 Å². The van der Waals surface area contributed by atoms with Crippen molar-refractivity contribution < 1.29 is 23.9 Å². The maximum atomic E-state index is 11.5. The molecular formula is C11H17NO5. The first kappa shape index (κ1) is 13.8. The largest absolute Gasteiger partial charge is 0.377 e. The Labute approximate surface area is 99.9 Å². The molecule has 1 heterocycles. The Morgan fingerprint density at radius 1 is 1.29 bits per heavy atom. The van der Waals surface area contributed by atoms with Crippen LogP contribution in [0, 0.1) is 5.92 Å². The highest BCUT2D eigenvalue weighted by Crippen LogP contribution is 2.17. The van der Waals surface area contributed by atoms with Crippen molar-refractivity contribution in [3.63, 3.8) is 0 Å². The molecule has 0 aromatic rings. The molecule has 1 saturated heterocycles. The maximum Gasteiger partial charge on any atom is 0.232 e. The summed E-state index contributed by atoms with van der Waals surface area (Å²) in [5, 5.41) is 0. The van der Waals surface area contributed by atoms with Crippen molar-refractivity contribution in [3.8, 4) is 0 Å². The Hall–Kier alpha value is -1.27. The fraction of sp³-hybridized carbons (Fsp3) is 0.727. The van der Waals surface area contributed by atoms with Crippen molar-refractivity contribution in [1.29, 1.82) is 0 Å². The number of ether oxygens (including phenoxy) is 2. The monoisotopic (exact) mass is 243 g/mol. The second-order valence-corrected chi connectivity index (χ2v) is 3.84. The van der Waals surface area contributed by atoms with E-state index in [9.17, 15) is 14.4 Å². The highest BCUT2D eigenvalue weighted by Gasteiger charge is 2.34. The summed E-state index contributed by atoms with van der Waals surface area (Å²) in [6.45, 7) is 3.07. The fourth-order valence-electron chi connectivity index (χ4n) is 1.59. The highest BCUT2D eigenvalue weighted by molar-refractivity contribution is 6.03. The molecule has 1 fully saturated rings. The number of carbonyl (C=O) groups excluding carboxylic acids is 3. The average Bonchev–Trinajstić information content (AvgIpc) is 2.54. The topological polar surface area (TPSA) is 72.9 Å².